The number of ether oxygens (including phenoxy) is 1. The van der Waals surface area contributed by atoms with E-state index in [2.05, 4.69) is 10.3 Å². The molecule has 2 aromatic rings. The number of allylic oxidation sites excluding steroid dienone is 1. The summed E-state index contributed by atoms with van der Waals surface area (Å²) in [6.07, 6.45) is 1.67. The standard InChI is InChI=1S/C19H17NO2S/c1-14(21)12-19-20(16-6-4-3-5-7-16)18(13-23-19)15-8-10-17(22-2)11-9-15/h3-13H,1-2H3/b19-12-. The normalized spacial score (nSPS) is 15.7. The maximum atomic E-state index is 11.5. The second-order valence-electron chi connectivity index (χ2n) is 5.11. The van der Waals surface area contributed by atoms with E-state index in [4.69, 9.17) is 4.74 Å². The van der Waals surface area contributed by atoms with Crippen molar-refractivity contribution in [3.8, 4) is 5.75 Å². The zero-order valence-corrected chi connectivity index (χ0v) is 13.8. The summed E-state index contributed by atoms with van der Waals surface area (Å²) >= 11 is 1.56. The van der Waals surface area contributed by atoms with E-state index in [1.54, 1.807) is 31.9 Å². The third-order valence-corrected chi connectivity index (χ3v) is 4.36. The maximum Gasteiger partial charge on any atom is 0.155 e. The highest BCUT2D eigenvalue weighted by atomic mass is 32.2. The molecule has 0 saturated carbocycles. The van der Waals surface area contributed by atoms with Gasteiger partial charge in [-0.15, -0.1) is 0 Å². The molecule has 0 N–H and O–H groups in total. The molecule has 1 aliphatic rings. The highest BCUT2D eigenvalue weighted by Crippen LogP contribution is 2.43. The molecule has 0 amide bonds. The van der Waals surface area contributed by atoms with Crippen LogP contribution in [0.15, 0.2) is 71.1 Å². The number of benzene rings is 2. The van der Waals surface area contributed by atoms with E-state index in [9.17, 15) is 4.79 Å². The minimum absolute atomic E-state index is 0.0396. The number of nitrogens with zero attached hydrogens (tertiary/aromatic N) is 1. The molecule has 0 aliphatic carbocycles. The molecule has 4 heteroatoms. The molecule has 0 atom stereocenters. The molecule has 1 heterocycles. The topological polar surface area (TPSA) is 29.5 Å². The number of para-hydroxylation sites is 1. The minimum Gasteiger partial charge on any atom is -0.497 e. The van der Waals surface area contributed by atoms with Gasteiger partial charge in [-0.25, -0.2) is 0 Å². The quantitative estimate of drug-likeness (QED) is 0.764. The van der Waals surface area contributed by atoms with Gasteiger partial charge in [0, 0.05) is 17.2 Å². The molecule has 116 valence electrons. The molecule has 1 aliphatic heterocycles. The molecule has 0 spiro atoms. The number of carbonyl (C=O) groups is 1. The van der Waals surface area contributed by atoms with Crippen molar-refractivity contribution < 1.29 is 9.53 Å². The van der Waals surface area contributed by atoms with Crippen LogP contribution in [0.5, 0.6) is 5.75 Å². The Labute approximate surface area is 140 Å². The second-order valence-corrected chi connectivity index (χ2v) is 6.00. The molecule has 0 unspecified atom stereocenters. The first kappa shape index (κ1) is 15.4. The molecule has 0 fully saturated rings. The van der Waals surface area contributed by atoms with Crippen molar-refractivity contribution in [1.29, 1.82) is 0 Å². The lowest BCUT2D eigenvalue weighted by Crippen LogP contribution is -2.16. The van der Waals surface area contributed by atoms with Crippen LogP contribution in [-0.2, 0) is 4.79 Å². The van der Waals surface area contributed by atoms with Crippen LogP contribution in [-0.4, -0.2) is 12.9 Å². The van der Waals surface area contributed by atoms with Crippen LogP contribution < -0.4 is 9.64 Å². The lowest BCUT2D eigenvalue weighted by atomic mass is 10.1. The summed E-state index contributed by atoms with van der Waals surface area (Å²) in [5, 5.41) is 2.98. The largest absolute Gasteiger partial charge is 0.497 e. The van der Waals surface area contributed by atoms with Gasteiger partial charge in [-0.1, -0.05) is 30.0 Å². The predicted octanol–water partition coefficient (Wildman–Crippen LogP) is 4.68. The van der Waals surface area contributed by atoms with Crippen molar-refractivity contribution in [3.05, 3.63) is 76.7 Å². The minimum atomic E-state index is 0.0396. The highest BCUT2D eigenvalue weighted by Gasteiger charge is 2.24. The van der Waals surface area contributed by atoms with Crippen LogP contribution in [0.2, 0.25) is 0 Å². The summed E-state index contributed by atoms with van der Waals surface area (Å²) in [5.41, 5.74) is 3.16. The van der Waals surface area contributed by atoms with Gasteiger partial charge in [0.05, 0.1) is 17.8 Å². The Morgan fingerprint density at radius 2 is 1.78 bits per heavy atom. The Balaban J connectivity index is 2.02. The van der Waals surface area contributed by atoms with Gasteiger partial charge >= 0.3 is 0 Å². The summed E-state index contributed by atoms with van der Waals surface area (Å²) < 4.78 is 5.22. The fourth-order valence-electron chi connectivity index (χ4n) is 2.42. The third kappa shape index (κ3) is 3.32. The molecule has 0 radical (unpaired) electrons. The van der Waals surface area contributed by atoms with Crippen molar-refractivity contribution in [3.63, 3.8) is 0 Å². The summed E-state index contributed by atoms with van der Waals surface area (Å²) in [5.74, 6) is 0.864. The van der Waals surface area contributed by atoms with Gasteiger partial charge in [-0.05, 0) is 48.9 Å². The molecule has 0 saturated heterocycles. The molecule has 0 aromatic heterocycles. The lowest BCUT2D eigenvalue weighted by molar-refractivity contribution is -0.112. The van der Waals surface area contributed by atoms with Crippen LogP contribution in [0.3, 0.4) is 0 Å². The Hall–Kier alpha value is -2.46. The predicted molar refractivity (Wildman–Crippen MR) is 96.2 cm³/mol. The highest BCUT2D eigenvalue weighted by molar-refractivity contribution is 8.06. The first-order chi connectivity index (χ1) is 11.2. The molecule has 23 heavy (non-hydrogen) atoms. The smallest absolute Gasteiger partial charge is 0.155 e. The molecule has 2 aromatic carbocycles. The van der Waals surface area contributed by atoms with E-state index in [0.717, 1.165) is 27.7 Å². The van der Waals surface area contributed by atoms with Gasteiger partial charge in [-0.2, -0.15) is 0 Å². The van der Waals surface area contributed by atoms with Crippen molar-refractivity contribution in [1.82, 2.24) is 0 Å². The van der Waals surface area contributed by atoms with E-state index in [-0.39, 0.29) is 5.78 Å². The van der Waals surface area contributed by atoms with Gasteiger partial charge in [-0.3, -0.25) is 4.79 Å². The van der Waals surface area contributed by atoms with Crippen LogP contribution in [0.25, 0.3) is 5.70 Å². The zero-order valence-electron chi connectivity index (χ0n) is 13.0. The first-order valence-corrected chi connectivity index (χ1v) is 8.15. The van der Waals surface area contributed by atoms with E-state index < -0.39 is 0 Å². The molecular formula is C19H17NO2S. The lowest BCUT2D eigenvalue weighted by Gasteiger charge is -2.23. The van der Waals surface area contributed by atoms with Crippen molar-refractivity contribution in [2.24, 2.45) is 0 Å². The van der Waals surface area contributed by atoms with Crippen molar-refractivity contribution >= 4 is 28.9 Å². The van der Waals surface area contributed by atoms with Gasteiger partial charge in [0.15, 0.2) is 5.78 Å². The molecular weight excluding hydrogens is 306 g/mol. The van der Waals surface area contributed by atoms with Crippen LogP contribution in [0.4, 0.5) is 5.69 Å². The van der Waals surface area contributed by atoms with E-state index in [0.29, 0.717) is 0 Å². The van der Waals surface area contributed by atoms with E-state index >= 15 is 0 Å². The summed E-state index contributed by atoms with van der Waals surface area (Å²) in [7, 11) is 1.66. The van der Waals surface area contributed by atoms with Gasteiger partial charge in [0.2, 0.25) is 0 Å². The number of methoxy groups -OCH3 is 1. The maximum absolute atomic E-state index is 11.5. The van der Waals surface area contributed by atoms with Crippen LogP contribution in [0.1, 0.15) is 12.5 Å². The number of anilines is 1. The van der Waals surface area contributed by atoms with Crippen molar-refractivity contribution in [2.45, 2.75) is 6.92 Å². The fourth-order valence-corrected chi connectivity index (χ4v) is 3.43. The molecule has 0 bridgehead atoms. The van der Waals surface area contributed by atoms with Gasteiger partial charge in [0.1, 0.15) is 5.75 Å². The van der Waals surface area contributed by atoms with Gasteiger partial charge in [0.25, 0.3) is 0 Å². The van der Waals surface area contributed by atoms with Crippen LogP contribution >= 0.6 is 11.8 Å². The Morgan fingerprint density at radius 1 is 1.09 bits per heavy atom. The second kappa shape index (κ2) is 6.75. The van der Waals surface area contributed by atoms with E-state index in [1.165, 1.54) is 0 Å². The van der Waals surface area contributed by atoms with Crippen molar-refractivity contribution in [2.75, 3.05) is 12.0 Å². The Bertz CT molecular complexity index is 764. The number of rotatable bonds is 4. The fraction of sp³-hybridized carbons (Fsp3) is 0.105. The number of hydrogen-bond donors (Lipinski definition) is 0. The number of carbonyl (C=O) groups excluding carboxylic acids is 1. The number of thioether (sulfide) groups is 1. The number of hydrogen-bond acceptors (Lipinski definition) is 4. The average molecular weight is 323 g/mol. The van der Waals surface area contributed by atoms with E-state index in [1.807, 2.05) is 54.6 Å². The molecule has 3 nitrogen and oxygen atoms in total. The first-order valence-electron chi connectivity index (χ1n) is 7.28. The monoisotopic (exact) mass is 323 g/mol. The Morgan fingerprint density at radius 3 is 2.39 bits per heavy atom. The summed E-state index contributed by atoms with van der Waals surface area (Å²) in [4.78, 5) is 13.7. The Kier molecular flexibility index (Phi) is 4.53. The average Bonchev–Trinajstić information content (AvgIpc) is 2.98. The third-order valence-electron chi connectivity index (χ3n) is 3.48. The summed E-state index contributed by atoms with van der Waals surface area (Å²) in [6, 6.07) is 18.0. The summed E-state index contributed by atoms with van der Waals surface area (Å²) in [6.45, 7) is 1.57. The number of ketones is 1. The SMILES string of the molecule is COc1ccc(C2=CS/C(=C\C(C)=O)N2c2ccccc2)cc1. The van der Waals surface area contributed by atoms with Crippen LogP contribution in [0, 0.1) is 0 Å². The zero-order chi connectivity index (χ0) is 16.2. The molecule has 3 rings (SSSR count). The van der Waals surface area contributed by atoms with Gasteiger partial charge < -0.3 is 9.64 Å².